The number of para-hydroxylation sites is 1. The zero-order valence-electron chi connectivity index (χ0n) is 18.4. The van der Waals surface area contributed by atoms with Crippen LogP contribution in [0.4, 0.5) is 15.8 Å². The van der Waals surface area contributed by atoms with Crippen LogP contribution < -0.4 is 4.90 Å². The third-order valence-corrected chi connectivity index (χ3v) is 5.84. The summed E-state index contributed by atoms with van der Waals surface area (Å²) in [4.78, 5) is 17.6. The highest BCUT2D eigenvalue weighted by Gasteiger charge is 2.30. The summed E-state index contributed by atoms with van der Waals surface area (Å²) in [5, 5.41) is 29.8. The molecule has 4 rings (SSSR count). The smallest absolute Gasteiger partial charge is 0.305 e. The Balaban J connectivity index is 1.81. The number of aromatic nitrogens is 1. The molecule has 2 aromatic carbocycles. The van der Waals surface area contributed by atoms with Gasteiger partial charge in [0, 0.05) is 36.0 Å². The molecule has 0 spiro atoms. The number of rotatable bonds is 9. The molecule has 33 heavy (non-hydrogen) atoms. The van der Waals surface area contributed by atoms with Crippen molar-refractivity contribution in [3.05, 3.63) is 71.7 Å². The number of benzene rings is 2. The molecule has 3 aromatic rings. The fourth-order valence-electron chi connectivity index (χ4n) is 4.08. The summed E-state index contributed by atoms with van der Waals surface area (Å²) >= 11 is 0. The number of carboxylic acid groups (broad SMARTS) is 1. The predicted molar refractivity (Wildman–Crippen MR) is 126 cm³/mol. The summed E-state index contributed by atoms with van der Waals surface area (Å²) in [6.07, 6.45) is 2.60. The number of aliphatic hydroxyl groups excluding tert-OH is 2. The van der Waals surface area contributed by atoms with Gasteiger partial charge in [-0.05, 0) is 43.2 Å². The molecule has 1 fully saturated rings. The molecule has 0 radical (unpaired) electrons. The number of fused-ring (bicyclic) bond motifs is 1. The summed E-state index contributed by atoms with van der Waals surface area (Å²) in [5.74, 6) is -1.20. The van der Waals surface area contributed by atoms with Crippen molar-refractivity contribution in [3.8, 4) is 0 Å². The Morgan fingerprint density at radius 3 is 2.61 bits per heavy atom. The van der Waals surface area contributed by atoms with Gasteiger partial charge < -0.3 is 20.2 Å². The van der Waals surface area contributed by atoms with E-state index in [-0.39, 0.29) is 18.2 Å². The van der Waals surface area contributed by atoms with Gasteiger partial charge in [-0.3, -0.25) is 9.78 Å². The molecule has 1 heterocycles. The minimum absolute atomic E-state index is 0.0962. The number of carboxylic acids is 1. The van der Waals surface area contributed by atoms with Gasteiger partial charge in [-0.25, -0.2) is 4.39 Å². The van der Waals surface area contributed by atoms with Gasteiger partial charge in [0.15, 0.2) is 0 Å². The molecule has 172 valence electrons. The summed E-state index contributed by atoms with van der Waals surface area (Å²) in [7, 11) is 1.91. The number of hydrogen-bond acceptors (Lipinski definition) is 5. The van der Waals surface area contributed by atoms with Crippen LogP contribution >= 0.6 is 0 Å². The lowest BCUT2D eigenvalue weighted by Gasteiger charge is -2.25. The SMILES string of the molecule is CN(c1ccccc1)c1c(/C=C/[C@@H](O)C[C@@H](O)CC(=O)O)c(C2CC2)nc2ccc(F)cc12. The van der Waals surface area contributed by atoms with Crippen molar-refractivity contribution >= 4 is 34.3 Å². The van der Waals surface area contributed by atoms with Crippen LogP contribution in [-0.2, 0) is 4.79 Å². The van der Waals surface area contributed by atoms with Gasteiger partial charge in [0.25, 0.3) is 0 Å². The van der Waals surface area contributed by atoms with E-state index in [2.05, 4.69) is 0 Å². The summed E-state index contributed by atoms with van der Waals surface area (Å²) in [6, 6.07) is 14.3. The molecule has 0 saturated heterocycles. The van der Waals surface area contributed by atoms with Crippen LogP contribution in [0.25, 0.3) is 17.0 Å². The first kappa shape index (κ1) is 22.9. The summed E-state index contributed by atoms with van der Waals surface area (Å²) in [6.45, 7) is 0. The molecule has 1 aliphatic carbocycles. The zero-order chi connectivity index (χ0) is 23.5. The van der Waals surface area contributed by atoms with Gasteiger partial charge in [-0.2, -0.15) is 0 Å². The lowest BCUT2D eigenvalue weighted by atomic mass is 9.99. The molecule has 0 amide bonds. The minimum atomic E-state index is -1.15. The van der Waals surface area contributed by atoms with Crippen molar-refractivity contribution in [2.45, 2.75) is 43.8 Å². The highest BCUT2D eigenvalue weighted by molar-refractivity contribution is 5.99. The second kappa shape index (κ2) is 9.68. The van der Waals surface area contributed by atoms with Crippen molar-refractivity contribution in [3.63, 3.8) is 0 Å². The average Bonchev–Trinajstić information content (AvgIpc) is 3.61. The molecule has 2 atom stereocenters. The van der Waals surface area contributed by atoms with Crippen LogP contribution in [0.1, 0.15) is 42.9 Å². The van der Waals surface area contributed by atoms with E-state index in [1.54, 1.807) is 18.2 Å². The van der Waals surface area contributed by atoms with Crippen molar-refractivity contribution in [2.24, 2.45) is 0 Å². The molecule has 1 aromatic heterocycles. The van der Waals surface area contributed by atoms with Gasteiger partial charge in [0.05, 0.1) is 35.5 Å². The lowest BCUT2D eigenvalue weighted by Crippen LogP contribution is -2.19. The van der Waals surface area contributed by atoms with E-state index in [0.29, 0.717) is 10.9 Å². The standard InChI is InChI=1S/C26H27FN2O4/c1-29(18-5-3-2-4-6-18)26-21(11-10-19(30)14-20(31)15-24(32)33)25(16-7-8-16)28-23-12-9-17(27)13-22(23)26/h2-6,9-13,16,19-20,30-31H,7-8,14-15H2,1H3,(H,32,33)/b11-10+/t19-,20-/m1/s1. The molecule has 0 unspecified atom stereocenters. The third-order valence-electron chi connectivity index (χ3n) is 5.84. The largest absolute Gasteiger partial charge is 0.481 e. The number of aliphatic hydroxyl groups is 2. The van der Waals surface area contributed by atoms with Crippen molar-refractivity contribution < 1.29 is 24.5 Å². The number of hydrogen-bond donors (Lipinski definition) is 3. The van der Waals surface area contributed by atoms with Gasteiger partial charge >= 0.3 is 5.97 Å². The maximum Gasteiger partial charge on any atom is 0.305 e. The molecule has 3 N–H and O–H groups in total. The number of aliphatic carboxylic acids is 1. The van der Waals surface area contributed by atoms with Gasteiger partial charge in [-0.1, -0.05) is 30.4 Å². The average molecular weight is 451 g/mol. The van der Waals surface area contributed by atoms with Crippen LogP contribution in [0, 0.1) is 5.82 Å². The van der Waals surface area contributed by atoms with Crippen LogP contribution in [0.5, 0.6) is 0 Å². The number of nitrogens with zero attached hydrogens (tertiary/aromatic N) is 2. The fraction of sp³-hybridized carbons (Fsp3) is 0.308. The van der Waals surface area contributed by atoms with E-state index in [1.165, 1.54) is 12.1 Å². The highest BCUT2D eigenvalue weighted by Crippen LogP contribution is 2.46. The molecule has 0 bridgehead atoms. The number of carbonyl (C=O) groups is 1. The maximum atomic E-state index is 14.3. The van der Waals surface area contributed by atoms with Crippen LogP contribution in [-0.4, -0.2) is 45.5 Å². The van der Waals surface area contributed by atoms with E-state index < -0.39 is 24.6 Å². The zero-order valence-corrected chi connectivity index (χ0v) is 18.4. The Morgan fingerprint density at radius 1 is 1.21 bits per heavy atom. The van der Waals surface area contributed by atoms with E-state index >= 15 is 0 Å². The van der Waals surface area contributed by atoms with Crippen molar-refractivity contribution in [2.75, 3.05) is 11.9 Å². The Bertz CT molecular complexity index is 1180. The Hall–Kier alpha value is -3.29. The van der Waals surface area contributed by atoms with E-state index in [0.717, 1.165) is 35.5 Å². The molecule has 1 aliphatic rings. The third kappa shape index (κ3) is 5.38. The fourth-order valence-corrected chi connectivity index (χ4v) is 4.08. The summed E-state index contributed by atoms with van der Waals surface area (Å²) in [5.41, 5.74) is 4.08. The van der Waals surface area contributed by atoms with Crippen molar-refractivity contribution in [1.82, 2.24) is 4.98 Å². The molecule has 7 heteroatoms. The molecular weight excluding hydrogens is 423 g/mol. The van der Waals surface area contributed by atoms with Gasteiger partial charge in [-0.15, -0.1) is 0 Å². The molecular formula is C26H27FN2O4. The molecule has 6 nitrogen and oxygen atoms in total. The Morgan fingerprint density at radius 2 is 1.94 bits per heavy atom. The Labute approximate surface area is 191 Å². The van der Waals surface area contributed by atoms with Crippen molar-refractivity contribution in [1.29, 1.82) is 0 Å². The predicted octanol–water partition coefficient (Wildman–Crippen LogP) is 4.62. The first-order valence-corrected chi connectivity index (χ1v) is 11.0. The number of halogens is 1. The first-order valence-electron chi connectivity index (χ1n) is 11.0. The normalized spacial score (nSPS) is 15.6. The Kier molecular flexibility index (Phi) is 6.72. The maximum absolute atomic E-state index is 14.3. The van der Waals surface area contributed by atoms with Gasteiger partial charge in [0.1, 0.15) is 5.82 Å². The highest BCUT2D eigenvalue weighted by atomic mass is 19.1. The quantitative estimate of drug-likeness (QED) is 0.441. The molecule has 1 saturated carbocycles. The summed E-state index contributed by atoms with van der Waals surface area (Å²) < 4.78 is 14.3. The van der Waals surface area contributed by atoms with Gasteiger partial charge in [0.2, 0.25) is 0 Å². The number of pyridine rings is 1. The van der Waals surface area contributed by atoms with Crippen LogP contribution in [0.15, 0.2) is 54.6 Å². The van der Waals surface area contributed by atoms with E-state index in [4.69, 9.17) is 10.1 Å². The van der Waals surface area contributed by atoms with E-state index in [1.807, 2.05) is 42.3 Å². The molecule has 0 aliphatic heterocycles. The first-order chi connectivity index (χ1) is 15.8. The van der Waals surface area contributed by atoms with Crippen LogP contribution in [0.3, 0.4) is 0 Å². The topological polar surface area (TPSA) is 93.9 Å². The lowest BCUT2D eigenvalue weighted by molar-refractivity contribution is -0.139. The van der Waals surface area contributed by atoms with E-state index in [9.17, 15) is 19.4 Å². The minimum Gasteiger partial charge on any atom is -0.481 e. The monoisotopic (exact) mass is 450 g/mol. The second-order valence-corrected chi connectivity index (χ2v) is 8.50. The number of anilines is 2. The second-order valence-electron chi connectivity index (χ2n) is 8.50. The van der Waals surface area contributed by atoms with Crippen LogP contribution in [0.2, 0.25) is 0 Å².